The zero-order valence-electron chi connectivity index (χ0n) is 12.8. The van der Waals surface area contributed by atoms with Crippen molar-refractivity contribution in [1.29, 1.82) is 0 Å². The van der Waals surface area contributed by atoms with Crippen LogP contribution in [0.15, 0.2) is 0 Å². The highest BCUT2D eigenvalue weighted by Crippen LogP contribution is 2.18. The van der Waals surface area contributed by atoms with Crippen LogP contribution in [0, 0.1) is 11.8 Å². The molecule has 2 unspecified atom stereocenters. The van der Waals surface area contributed by atoms with Gasteiger partial charge in [0, 0.05) is 13.1 Å². The number of aliphatic carboxylic acids is 1. The summed E-state index contributed by atoms with van der Waals surface area (Å²) in [5.74, 6) is -1.54. The lowest BCUT2D eigenvalue weighted by Crippen LogP contribution is -2.52. The van der Waals surface area contributed by atoms with E-state index >= 15 is 0 Å². The molecular weight excluding hydrogens is 276 g/mol. The van der Waals surface area contributed by atoms with Crippen molar-refractivity contribution >= 4 is 18.0 Å². The molecule has 2 amide bonds. The molecule has 7 nitrogen and oxygen atoms in total. The second kappa shape index (κ2) is 7.85. The fourth-order valence-corrected chi connectivity index (χ4v) is 2.45. The van der Waals surface area contributed by atoms with E-state index in [0.29, 0.717) is 25.8 Å². The Labute approximate surface area is 124 Å². The Morgan fingerprint density at radius 1 is 1.38 bits per heavy atom. The fourth-order valence-electron chi connectivity index (χ4n) is 2.45. The van der Waals surface area contributed by atoms with Gasteiger partial charge < -0.3 is 20.1 Å². The van der Waals surface area contributed by atoms with Gasteiger partial charge in [-0.05, 0) is 25.2 Å². The van der Waals surface area contributed by atoms with Crippen LogP contribution in [0.2, 0.25) is 0 Å². The molecule has 120 valence electrons. The Hall–Kier alpha value is -1.79. The average molecular weight is 300 g/mol. The number of nitrogens with zero attached hydrogens (tertiary/aromatic N) is 1. The second-order valence-corrected chi connectivity index (χ2v) is 5.78. The lowest BCUT2D eigenvalue weighted by Gasteiger charge is -2.32. The molecule has 2 atom stereocenters. The molecule has 0 radical (unpaired) electrons. The number of esters is 1. The normalized spacial score (nSPS) is 20.0. The average Bonchev–Trinajstić information content (AvgIpc) is 2.45. The molecule has 1 heterocycles. The predicted molar refractivity (Wildman–Crippen MR) is 75.7 cm³/mol. The molecule has 1 saturated heterocycles. The van der Waals surface area contributed by atoms with E-state index in [1.54, 1.807) is 0 Å². The lowest BCUT2D eigenvalue weighted by atomic mass is 9.98. The molecule has 1 aliphatic heterocycles. The highest BCUT2D eigenvalue weighted by atomic mass is 16.5. The standard InChI is InChI=1S/C14H24N2O5/c1-9(2)7-11(12(17)18)15-14(20)16-6-4-5-10(8-16)13(19)21-3/h9-11H,4-8H2,1-3H3,(H,15,20)(H,17,18). The highest BCUT2D eigenvalue weighted by molar-refractivity contribution is 5.83. The first-order valence-electron chi connectivity index (χ1n) is 7.21. The van der Waals surface area contributed by atoms with Crippen LogP contribution in [0.3, 0.4) is 0 Å². The third kappa shape index (κ3) is 5.24. The SMILES string of the molecule is COC(=O)C1CCCN(C(=O)NC(CC(C)C)C(=O)O)C1. The van der Waals surface area contributed by atoms with Crippen molar-refractivity contribution < 1.29 is 24.2 Å². The first-order valence-corrected chi connectivity index (χ1v) is 7.21. The van der Waals surface area contributed by atoms with Crippen LogP contribution in [-0.4, -0.2) is 54.2 Å². The summed E-state index contributed by atoms with van der Waals surface area (Å²) in [5, 5.41) is 11.7. The Balaban J connectivity index is 2.60. The maximum absolute atomic E-state index is 12.2. The minimum absolute atomic E-state index is 0.163. The number of carbonyl (C=O) groups excluding carboxylic acids is 2. The Kier molecular flexibility index (Phi) is 6.45. The summed E-state index contributed by atoms with van der Waals surface area (Å²) < 4.78 is 4.70. The van der Waals surface area contributed by atoms with Crippen LogP contribution < -0.4 is 5.32 Å². The van der Waals surface area contributed by atoms with Crippen LogP contribution in [0.4, 0.5) is 4.79 Å². The summed E-state index contributed by atoms with van der Waals surface area (Å²) in [6, 6.07) is -1.34. The predicted octanol–water partition coefficient (Wildman–Crippen LogP) is 1.08. The minimum Gasteiger partial charge on any atom is -0.480 e. The van der Waals surface area contributed by atoms with Gasteiger partial charge >= 0.3 is 18.0 Å². The molecule has 7 heteroatoms. The van der Waals surface area contributed by atoms with Gasteiger partial charge in [-0.25, -0.2) is 9.59 Å². The molecule has 0 aromatic heterocycles. The number of likely N-dealkylation sites (tertiary alicyclic amines) is 1. The third-order valence-corrected chi connectivity index (χ3v) is 3.55. The maximum Gasteiger partial charge on any atom is 0.326 e. The van der Waals surface area contributed by atoms with Crippen molar-refractivity contribution in [2.75, 3.05) is 20.2 Å². The summed E-state index contributed by atoms with van der Waals surface area (Å²) in [4.78, 5) is 36.3. The summed E-state index contributed by atoms with van der Waals surface area (Å²) in [5.41, 5.74) is 0. The van der Waals surface area contributed by atoms with Crippen molar-refractivity contribution in [3.63, 3.8) is 0 Å². The molecule has 21 heavy (non-hydrogen) atoms. The first-order chi connectivity index (χ1) is 9.85. The van der Waals surface area contributed by atoms with Crippen molar-refractivity contribution in [2.45, 2.75) is 39.2 Å². The van der Waals surface area contributed by atoms with E-state index in [0.717, 1.165) is 0 Å². The summed E-state index contributed by atoms with van der Waals surface area (Å²) >= 11 is 0. The molecule has 1 fully saturated rings. The molecule has 0 aromatic rings. The number of nitrogens with one attached hydrogen (secondary N) is 1. The monoisotopic (exact) mass is 300 g/mol. The van der Waals surface area contributed by atoms with Crippen molar-refractivity contribution in [1.82, 2.24) is 10.2 Å². The number of carboxylic acid groups (broad SMARTS) is 1. The van der Waals surface area contributed by atoms with Gasteiger partial charge in [-0.3, -0.25) is 4.79 Å². The molecule has 2 N–H and O–H groups in total. The zero-order valence-corrected chi connectivity index (χ0v) is 12.8. The number of piperidine rings is 1. The van der Waals surface area contributed by atoms with E-state index in [9.17, 15) is 14.4 Å². The number of rotatable bonds is 5. The molecule has 0 bridgehead atoms. The number of methoxy groups -OCH3 is 1. The van der Waals surface area contributed by atoms with Crippen molar-refractivity contribution in [3.05, 3.63) is 0 Å². The summed E-state index contributed by atoms with van der Waals surface area (Å²) in [6.07, 6.45) is 1.76. The van der Waals surface area contributed by atoms with Gasteiger partial charge in [0.2, 0.25) is 0 Å². The molecule has 0 spiro atoms. The topological polar surface area (TPSA) is 95.9 Å². The summed E-state index contributed by atoms with van der Waals surface area (Å²) in [6.45, 7) is 4.59. The molecular formula is C14H24N2O5. The number of carboxylic acids is 1. The van der Waals surface area contributed by atoms with E-state index in [4.69, 9.17) is 9.84 Å². The number of carbonyl (C=O) groups is 3. The fraction of sp³-hybridized carbons (Fsp3) is 0.786. The molecule has 0 aliphatic carbocycles. The van der Waals surface area contributed by atoms with E-state index in [1.165, 1.54) is 12.0 Å². The largest absolute Gasteiger partial charge is 0.480 e. The Morgan fingerprint density at radius 2 is 2.05 bits per heavy atom. The van der Waals surface area contributed by atoms with Crippen LogP contribution in [0.5, 0.6) is 0 Å². The first kappa shape index (κ1) is 17.3. The molecule has 0 aromatic carbocycles. The van der Waals surface area contributed by atoms with Gasteiger partial charge in [0.05, 0.1) is 13.0 Å². The Morgan fingerprint density at radius 3 is 2.57 bits per heavy atom. The van der Waals surface area contributed by atoms with Gasteiger partial charge in [0.1, 0.15) is 6.04 Å². The van der Waals surface area contributed by atoms with Gasteiger partial charge in [0.25, 0.3) is 0 Å². The number of hydrogen-bond acceptors (Lipinski definition) is 4. The van der Waals surface area contributed by atoms with Crippen molar-refractivity contribution in [3.8, 4) is 0 Å². The van der Waals surface area contributed by atoms with Crippen LogP contribution in [0.1, 0.15) is 33.1 Å². The van der Waals surface area contributed by atoms with Crippen molar-refractivity contribution in [2.24, 2.45) is 11.8 Å². The van der Waals surface area contributed by atoms with Gasteiger partial charge in [-0.15, -0.1) is 0 Å². The number of urea groups is 1. The zero-order chi connectivity index (χ0) is 16.0. The van der Waals surface area contributed by atoms with Gasteiger partial charge in [0.15, 0.2) is 0 Å². The molecule has 1 aliphatic rings. The highest BCUT2D eigenvalue weighted by Gasteiger charge is 2.31. The minimum atomic E-state index is -1.04. The Bertz CT molecular complexity index is 397. The summed E-state index contributed by atoms with van der Waals surface area (Å²) in [7, 11) is 1.32. The van der Waals surface area contributed by atoms with Gasteiger partial charge in [-0.2, -0.15) is 0 Å². The third-order valence-electron chi connectivity index (χ3n) is 3.55. The van der Waals surface area contributed by atoms with Crippen LogP contribution in [0.25, 0.3) is 0 Å². The second-order valence-electron chi connectivity index (χ2n) is 5.78. The quantitative estimate of drug-likeness (QED) is 0.741. The van der Waals surface area contributed by atoms with Crippen LogP contribution in [-0.2, 0) is 14.3 Å². The maximum atomic E-state index is 12.2. The molecule has 0 saturated carbocycles. The van der Waals surface area contributed by atoms with E-state index in [1.807, 2.05) is 13.8 Å². The van der Waals surface area contributed by atoms with Crippen LogP contribution >= 0.6 is 0 Å². The van der Waals surface area contributed by atoms with Gasteiger partial charge in [-0.1, -0.05) is 13.8 Å². The smallest absolute Gasteiger partial charge is 0.326 e. The van der Waals surface area contributed by atoms with E-state index in [2.05, 4.69) is 5.32 Å². The van der Waals surface area contributed by atoms with E-state index in [-0.39, 0.29) is 24.3 Å². The molecule has 1 rings (SSSR count). The number of ether oxygens (including phenoxy) is 1. The van der Waals surface area contributed by atoms with E-state index < -0.39 is 18.0 Å². The number of amides is 2. The lowest BCUT2D eigenvalue weighted by molar-refractivity contribution is -0.147. The number of hydrogen-bond donors (Lipinski definition) is 2.